The third-order valence-corrected chi connectivity index (χ3v) is 3.90. The minimum absolute atomic E-state index is 0.159. The molecule has 0 aromatic carbocycles. The zero-order valence-electron chi connectivity index (χ0n) is 9.45. The second-order valence-corrected chi connectivity index (χ2v) is 4.83. The van der Waals surface area contributed by atoms with Gasteiger partial charge < -0.3 is 5.73 Å². The molecule has 0 aliphatic rings. The van der Waals surface area contributed by atoms with Crippen LogP contribution in [0.3, 0.4) is 0 Å². The van der Waals surface area contributed by atoms with E-state index in [9.17, 15) is 8.42 Å². The van der Waals surface area contributed by atoms with Crippen molar-refractivity contribution in [3.05, 3.63) is 0 Å². The Morgan fingerprint density at radius 1 is 1.40 bits per heavy atom. The van der Waals surface area contributed by atoms with E-state index in [0.717, 1.165) is 0 Å². The second-order valence-electron chi connectivity index (χ2n) is 3.12. The Morgan fingerprint density at radius 3 is 2.13 bits per heavy atom. The van der Waals surface area contributed by atoms with Crippen LogP contribution in [0.4, 0.5) is 0 Å². The molecule has 0 bridgehead atoms. The Kier molecular flexibility index (Phi) is 5.77. The SMILES string of the molecule is CCC(NS(=O)(=O)N(CC)CC)C(=N)N. The Hall–Kier alpha value is -0.660. The topological polar surface area (TPSA) is 99.3 Å². The summed E-state index contributed by atoms with van der Waals surface area (Å²) in [6.07, 6.45) is 0.468. The molecular weight excluding hydrogens is 216 g/mol. The zero-order valence-corrected chi connectivity index (χ0v) is 10.3. The molecule has 0 rings (SSSR count). The van der Waals surface area contributed by atoms with Crippen LogP contribution in [0, 0.1) is 5.41 Å². The average molecular weight is 236 g/mol. The van der Waals surface area contributed by atoms with Gasteiger partial charge in [-0.1, -0.05) is 20.8 Å². The van der Waals surface area contributed by atoms with Crippen molar-refractivity contribution < 1.29 is 8.42 Å². The molecule has 0 heterocycles. The lowest BCUT2D eigenvalue weighted by Crippen LogP contribution is -2.49. The highest BCUT2D eigenvalue weighted by molar-refractivity contribution is 7.87. The van der Waals surface area contributed by atoms with Gasteiger partial charge in [-0.3, -0.25) is 5.41 Å². The highest BCUT2D eigenvalue weighted by Gasteiger charge is 2.23. The first-order chi connectivity index (χ1) is 6.88. The van der Waals surface area contributed by atoms with Gasteiger partial charge in [0.2, 0.25) is 0 Å². The normalized spacial score (nSPS) is 14.1. The van der Waals surface area contributed by atoms with E-state index >= 15 is 0 Å². The van der Waals surface area contributed by atoms with Crippen molar-refractivity contribution in [3.63, 3.8) is 0 Å². The maximum atomic E-state index is 11.7. The molecule has 0 amide bonds. The van der Waals surface area contributed by atoms with Crippen LogP contribution >= 0.6 is 0 Å². The number of nitrogens with one attached hydrogen (secondary N) is 2. The predicted octanol–water partition coefficient (Wildman–Crippen LogP) is -0.123. The zero-order chi connectivity index (χ0) is 12.1. The van der Waals surface area contributed by atoms with Crippen molar-refractivity contribution in [3.8, 4) is 0 Å². The molecule has 6 nitrogen and oxygen atoms in total. The van der Waals surface area contributed by atoms with Gasteiger partial charge in [0.25, 0.3) is 10.2 Å². The number of nitrogens with zero attached hydrogens (tertiary/aromatic N) is 1. The highest BCUT2D eigenvalue weighted by atomic mass is 32.2. The van der Waals surface area contributed by atoms with Gasteiger partial charge >= 0.3 is 0 Å². The molecule has 0 aliphatic carbocycles. The van der Waals surface area contributed by atoms with Crippen LogP contribution in [0.5, 0.6) is 0 Å². The maximum absolute atomic E-state index is 11.7. The van der Waals surface area contributed by atoms with Crippen molar-refractivity contribution in [2.45, 2.75) is 33.2 Å². The molecule has 7 heteroatoms. The highest BCUT2D eigenvalue weighted by Crippen LogP contribution is 2.00. The maximum Gasteiger partial charge on any atom is 0.280 e. The monoisotopic (exact) mass is 236 g/mol. The lowest BCUT2D eigenvalue weighted by atomic mass is 10.2. The summed E-state index contributed by atoms with van der Waals surface area (Å²) < 4.78 is 27.1. The van der Waals surface area contributed by atoms with Gasteiger partial charge in [0.15, 0.2) is 0 Å². The Morgan fingerprint density at radius 2 is 1.87 bits per heavy atom. The summed E-state index contributed by atoms with van der Waals surface area (Å²) in [6, 6.07) is -0.615. The molecule has 0 spiro atoms. The van der Waals surface area contributed by atoms with Crippen molar-refractivity contribution in [2.24, 2.45) is 5.73 Å². The van der Waals surface area contributed by atoms with Crippen LogP contribution in [-0.4, -0.2) is 37.7 Å². The van der Waals surface area contributed by atoms with E-state index in [0.29, 0.717) is 19.5 Å². The minimum Gasteiger partial charge on any atom is -0.386 e. The van der Waals surface area contributed by atoms with E-state index < -0.39 is 16.3 Å². The molecule has 0 fully saturated rings. The molecule has 15 heavy (non-hydrogen) atoms. The van der Waals surface area contributed by atoms with Crippen LogP contribution in [-0.2, 0) is 10.2 Å². The molecule has 4 N–H and O–H groups in total. The fraction of sp³-hybridized carbons (Fsp3) is 0.875. The Balaban J connectivity index is 4.68. The summed E-state index contributed by atoms with van der Waals surface area (Å²) in [4.78, 5) is 0. The van der Waals surface area contributed by atoms with Gasteiger partial charge in [-0.05, 0) is 6.42 Å². The molecule has 0 saturated carbocycles. The fourth-order valence-corrected chi connectivity index (χ4v) is 2.67. The van der Waals surface area contributed by atoms with E-state index in [1.54, 1.807) is 20.8 Å². The van der Waals surface area contributed by atoms with Crippen molar-refractivity contribution in [1.29, 1.82) is 5.41 Å². The predicted molar refractivity (Wildman–Crippen MR) is 61.0 cm³/mol. The molecular formula is C8H20N4O2S. The molecule has 0 aromatic rings. The Labute approximate surface area is 91.5 Å². The van der Waals surface area contributed by atoms with Crippen LogP contribution in [0.25, 0.3) is 0 Å². The van der Waals surface area contributed by atoms with Crippen molar-refractivity contribution in [1.82, 2.24) is 9.03 Å². The molecule has 0 aromatic heterocycles. The van der Waals surface area contributed by atoms with E-state index in [-0.39, 0.29) is 5.84 Å². The summed E-state index contributed by atoms with van der Waals surface area (Å²) in [5, 5.41) is 7.22. The van der Waals surface area contributed by atoms with Gasteiger partial charge in [0.1, 0.15) is 5.84 Å². The van der Waals surface area contributed by atoms with E-state index in [4.69, 9.17) is 11.1 Å². The molecule has 0 saturated heterocycles. The third kappa shape index (κ3) is 4.15. The smallest absolute Gasteiger partial charge is 0.280 e. The molecule has 0 radical (unpaired) electrons. The van der Waals surface area contributed by atoms with Gasteiger partial charge in [0.05, 0.1) is 6.04 Å². The quantitative estimate of drug-likeness (QED) is 0.424. The molecule has 1 unspecified atom stereocenters. The lowest BCUT2D eigenvalue weighted by Gasteiger charge is -2.22. The Bertz CT molecular complexity index is 298. The fourth-order valence-electron chi connectivity index (χ4n) is 1.18. The van der Waals surface area contributed by atoms with Crippen molar-refractivity contribution in [2.75, 3.05) is 13.1 Å². The summed E-state index contributed by atoms with van der Waals surface area (Å²) in [6.45, 7) is 6.10. The molecule has 90 valence electrons. The molecule has 1 atom stereocenters. The van der Waals surface area contributed by atoms with Crippen molar-refractivity contribution >= 4 is 16.0 Å². The van der Waals surface area contributed by atoms with Crippen LogP contribution in [0.2, 0.25) is 0 Å². The summed E-state index contributed by atoms with van der Waals surface area (Å²) in [5.41, 5.74) is 5.28. The van der Waals surface area contributed by atoms with Crippen LogP contribution in [0.1, 0.15) is 27.2 Å². The van der Waals surface area contributed by atoms with Gasteiger partial charge in [-0.2, -0.15) is 17.4 Å². The first-order valence-corrected chi connectivity index (χ1v) is 6.44. The second kappa shape index (κ2) is 6.04. The number of hydrogen-bond acceptors (Lipinski definition) is 3. The lowest BCUT2D eigenvalue weighted by molar-refractivity contribution is 0.431. The first-order valence-electron chi connectivity index (χ1n) is 5.00. The summed E-state index contributed by atoms with van der Waals surface area (Å²) in [7, 11) is -3.52. The van der Waals surface area contributed by atoms with E-state index in [1.165, 1.54) is 4.31 Å². The minimum atomic E-state index is -3.52. The van der Waals surface area contributed by atoms with E-state index in [2.05, 4.69) is 4.72 Å². The van der Waals surface area contributed by atoms with Crippen LogP contribution in [0.15, 0.2) is 0 Å². The average Bonchev–Trinajstić information content (AvgIpc) is 2.15. The largest absolute Gasteiger partial charge is 0.386 e. The third-order valence-electron chi connectivity index (χ3n) is 2.12. The number of hydrogen-bond donors (Lipinski definition) is 3. The van der Waals surface area contributed by atoms with Gasteiger partial charge in [-0.25, -0.2) is 0 Å². The number of amidine groups is 1. The van der Waals surface area contributed by atoms with E-state index in [1.807, 2.05) is 0 Å². The van der Waals surface area contributed by atoms with Crippen LogP contribution < -0.4 is 10.5 Å². The summed E-state index contributed by atoms with van der Waals surface area (Å²) >= 11 is 0. The first kappa shape index (κ1) is 14.3. The number of nitrogens with two attached hydrogens (primary N) is 1. The van der Waals surface area contributed by atoms with Gasteiger partial charge in [-0.15, -0.1) is 0 Å². The molecule has 0 aliphatic heterocycles. The van der Waals surface area contributed by atoms with Gasteiger partial charge in [0, 0.05) is 13.1 Å². The number of rotatable bonds is 7. The summed E-state index contributed by atoms with van der Waals surface area (Å²) in [5.74, 6) is -0.159. The standard InChI is InChI=1S/C8H20N4O2S/c1-4-7(8(9)10)11-15(13,14)12(5-2)6-3/h7,11H,4-6H2,1-3H3,(H3,9,10).